The minimum Gasteiger partial charge on any atom is -0.446 e. The molecule has 6 N–H and O–H groups in total. The SMILES string of the molecule is CC(C)CCC[C@H](C)[C@@H]1CC[C@@H]2[C@H]3CC=C4C[C@@H](OC(=O)NC[C@H](O)[C@H](O)[C@H](O)[C@@H](O)CO)CC[C@]4(C)[C@@H]3CC[C@@]21C. The quantitative estimate of drug-likeness (QED) is 0.182. The molecule has 0 aliphatic heterocycles. The number of rotatable bonds is 12. The molecule has 1 amide bonds. The number of aliphatic hydroxyl groups is 5. The van der Waals surface area contributed by atoms with Gasteiger partial charge >= 0.3 is 6.09 Å². The molecule has 0 bridgehead atoms. The zero-order chi connectivity index (χ0) is 30.8. The van der Waals surface area contributed by atoms with Crippen LogP contribution in [0.4, 0.5) is 4.79 Å². The second kappa shape index (κ2) is 13.8. The Labute approximate surface area is 253 Å². The maximum atomic E-state index is 12.5. The number of allylic oxidation sites excluding steroid dienone is 1. The summed E-state index contributed by atoms with van der Waals surface area (Å²) in [6.45, 7) is 11.2. The molecule has 3 fully saturated rings. The van der Waals surface area contributed by atoms with Crippen LogP contribution in [0.25, 0.3) is 0 Å². The third kappa shape index (κ3) is 6.88. The molecule has 4 rings (SSSR count). The number of hydrogen-bond acceptors (Lipinski definition) is 7. The molecule has 0 heterocycles. The topological polar surface area (TPSA) is 139 Å². The minimum atomic E-state index is -1.73. The van der Waals surface area contributed by atoms with Crippen LogP contribution in [0.1, 0.15) is 105 Å². The highest BCUT2D eigenvalue weighted by molar-refractivity contribution is 5.67. The van der Waals surface area contributed by atoms with Crippen LogP contribution in [0.3, 0.4) is 0 Å². The number of amides is 1. The first-order valence-electron chi connectivity index (χ1n) is 16.8. The van der Waals surface area contributed by atoms with Gasteiger partial charge in [0.2, 0.25) is 0 Å². The summed E-state index contributed by atoms with van der Waals surface area (Å²) in [4.78, 5) is 12.5. The first-order valence-corrected chi connectivity index (χ1v) is 16.8. The van der Waals surface area contributed by atoms with Crippen LogP contribution in [-0.2, 0) is 4.74 Å². The van der Waals surface area contributed by atoms with Gasteiger partial charge in [0.1, 0.15) is 24.4 Å². The normalized spacial score (nSPS) is 37.9. The van der Waals surface area contributed by atoms with Crippen LogP contribution in [0.2, 0.25) is 0 Å². The van der Waals surface area contributed by atoms with Gasteiger partial charge in [-0.25, -0.2) is 4.79 Å². The summed E-state index contributed by atoms with van der Waals surface area (Å²) in [7, 11) is 0. The summed E-state index contributed by atoms with van der Waals surface area (Å²) in [6, 6.07) is 0. The summed E-state index contributed by atoms with van der Waals surface area (Å²) >= 11 is 0. The van der Waals surface area contributed by atoms with E-state index < -0.39 is 37.1 Å². The third-order valence-corrected chi connectivity index (χ3v) is 12.3. The average molecular weight is 594 g/mol. The highest BCUT2D eigenvalue weighted by Crippen LogP contribution is 2.67. The molecule has 0 unspecified atom stereocenters. The summed E-state index contributed by atoms with van der Waals surface area (Å²) in [6.07, 6.45) is 8.14. The second-order valence-electron chi connectivity index (χ2n) is 15.2. The van der Waals surface area contributed by atoms with E-state index in [0.717, 1.165) is 55.3 Å². The number of ether oxygens (including phenoxy) is 1. The molecule has 8 heteroatoms. The molecule has 242 valence electrons. The van der Waals surface area contributed by atoms with Crippen molar-refractivity contribution in [3.8, 4) is 0 Å². The molecule has 0 aromatic rings. The summed E-state index contributed by atoms with van der Waals surface area (Å²) in [5.41, 5.74) is 2.05. The molecule has 3 saturated carbocycles. The second-order valence-corrected chi connectivity index (χ2v) is 15.2. The number of alkyl carbamates (subject to hydrolysis) is 1. The Morgan fingerprint density at radius 2 is 1.69 bits per heavy atom. The molecule has 8 nitrogen and oxygen atoms in total. The van der Waals surface area contributed by atoms with E-state index in [9.17, 15) is 25.2 Å². The van der Waals surface area contributed by atoms with Crippen LogP contribution in [0.5, 0.6) is 0 Å². The zero-order valence-electron chi connectivity index (χ0n) is 26.7. The van der Waals surface area contributed by atoms with E-state index >= 15 is 0 Å². The molecular formula is C34H59NO7. The Hall–Kier alpha value is -1.19. The maximum absolute atomic E-state index is 12.5. The van der Waals surface area contributed by atoms with Crippen molar-refractivity contribution in [3.05, 3.63) is 11.6 Å². The Bertz CT molecular complexity index is 941. The minimum absolute atomic E-state index is 0.158. The lowest BCUT2D eigenvalue weighted by Crippen LogP contribution is -2.51. The highest BCUT2D eigenvalue weighted by Gasteiger charge is 2.59. The van der Waals surface area contributed by atoms with Crippen LogP contribution in [-0.4, -0.2) is 75.3 Å². The van der Waals surface area contributed by atoms with Crippen molar-refractivity contribution in [1.82, 2.24) is 5.32 Å². The smallest absolute Gasteiger partial charge is 0.407 e. The Morgan fingerprint density at radius 3 is 2.38 bits per heavy atom. The largest absolute Gasteiger partial charge is 0.446 e. The van der Waals surface area contributed by atoms with E-state index in [-0.39, 0.29) is 18.1 Å². The fourth-order valence-corrected chi connectivity index (χ4v) is 9.82. The molecule has 4 aliphatic rings. The first-order chi connectivity index (χ1) is 19.8. The lowest BCUT2D eigenvalue weighted by atomic mass is 9.47. The van der Waals surface area contributed by atoms with Gasteiger partial charge in [-0.2, -0.15) is 0 Å². The van der Waals surface area contributed by atoms with Crippen LogP contribution in [0.15, 0.2) is 11.6 Å². The summed E-state index contributed by atoms with van der Waals surface area (Å²) in [5.74, 6) is 4.69. The standard InChI is InChI=1S/C34H59NO7/c1-20(2)7-6-8-21(3)25-11-12-26-24-10-9-22-17-23(13-15-33(22,4)27(24)14-16-34(25,26)5)42-32(41)35-18-28(37)30(39)31(40)29(38)19-36/h9,20-21,23-31,36-40H,6-8,10-19H2,1-5H3,(H,35,41)/t21-,23-,24+,25-,26+,27+,28-,29-,30-,31+,33-,34+/m0/s1. The molecule has 0 aromatic heterocycles. The van der Waals surface area contributed by atoms with Crippen molar-refractivity contribution >= 4 is 6.09 Å². The average Bonchev–Trinajstić information content (AvgIpc) is 3.31. The van der Waals surface area contributed by atoms with Gasteiger partial charge in [-0.05, 0) is 91.3 Å². The van der Waals surface area contributed by atoms with Crippen molar-refractivity contribution in [2.24, 2.45) is 46.3 Å². The lowest BCUT2D eigenvalue weighted by molar-refractivity contribution is -0.113. The number of aliphatic hydroxyl groups excluding tert-OH is 5. The summed E-state index contributed by atoms with van der Waals surface area (Å²) < 4.78 is 5.72. The number of carbonyl (C=O) groups is 1. The number of fused-ring (bicyclic) bond motifs is 5. The molecule has 42 heavy (non-hydrogen) atoms. The van der Waals surface area contributed by atoms with E-state index in [2.05, 4.69) is 46.0 Å². The first kappa shape index (κ1) is 33.7. The van der Waals surface area contributed by atoms with Crippen LogP contribution in [0, 0.1) is 46.3 Å². The molecule has 0 saturated heterocycles. The number of carbonyl (C=O) groups excluding carboxylic acids is 1. The molecule has 0 radical (unpaired) electrons. The van der Waals surface area contributed by atoms with Crippen molar-refractivity contribution in [3.63, 3.8) is 0 Å². The third-order valence-electron chi connectivity index (χ3n) is 12.3. The van der Waals surface area contributed by atoms with Crippen molar-refractivity contribution in [2.75, 3.05) is 13.2 Å². The van der Waals surface area contributed by atoms with Gasteiger partial charge in [-0.3, -0.25) is 0 Å². The van der Waals surface area contributed by atoms with Crippen LogP contribution >= 0.6 is 0 Å². The number of nitrogens with one attached hydrogen (secondary N) is 1. The summed E-state index contributed by atoms with van der Waals surface area (Å²) in [5, 5.41) is 50.7. The predicted molar refractivity (Wildman–Crippen MR) is 162 cm³/mol. The monoisotopic (exact) mass is 593 g/mol. The fourth-order valence-electron chi connectivity index (χ4n) is 9.82. The van der Waals surface area contributed by atoms with Gasteiger partial charge < -0.3 is 35.6 Å². The molecule has 12 atom stereocenters. The molecule has 0 spiro atoms. The van der Waals surface area contributed by atoms with Crippen molar-refractivity contribution in [2.45, 2.75) is 136 Å². The Balaban J connectivity index is 1.31. The zero-order valence-corrected chi connectivity index (χ0v) is 26.7. The lowest BCUT2D eigenvalue weighted by Gasteiger charge is -2.58. The van der Waals surface area contributed by atoms with Crippen molar-refractivity contribution < 1.29 is 35.1 Å². The van der Waals surface area contributed by atoms with Crippen molar-refractivity contribution in [1.29, 1.82) is 0 Å². The van der Waals surface area contributed by atoms with E-state index in [4.69, 9.17) is 9.84 Å². The van der Waals surface area contributed by atoms with Gasteiger partial charge in [0.25, 0.3) is 0 Å². The van der Waals surface area contributed by atoms with E-state index in [0.29, 0.717) is 11.3 Å². The molecule has 0 aromatic carbocycles. The van der Waals surface area contributed by atoms with Gasteiger partial charge in [0.05, 0.1) is 12.7 Å². The Kier molecular flexibility index (Phi) is 11.1. The fraction of sp³-hybridized carbons (Fsp3) is 0.912. The molecule has 4 aliphatic carbocycles. The maximum Gasteiger partial charge on any atom is 0.407 e. The van der Waals surface area contributed by atoms with E-state index in [1.54, 1.807) is 0 Å². The van der Waals surface area contributed by atoms with Gasteiger partial charge in [0.15, 0.2) is 0 Å². The predicted octanol–water partition coefficient (Wildman–Crippen LogP) is 4.56. The van der Waals surface area contributed by atoms with Crippen LogP contribution < -0.4 is 5.32 Å². The van der Waals surface area contributed by atoms with Gasteiger partial charge in [0, 0.05) is 13.0 Å². The van der Waals surface area contributed by atoms with Gasteiger partial charge in [-0.1, -0.05) is 65.5 Å². The Morgan fingerprint density at radius 1 is 0.976 bits per heavy atom. The number of hydrogen-bond donors (Lipinski definition) is 6. The van der Waals surface area contributed by atoms with Gasteiger partial charge in [-0.15, -0.1) is 0 Å². The molecular weight excluding hydrogens is 534 g/mol. The van der Waals surface area contributed by atoms with E-state index in [1.807, 2.05) is 0 Å². The highest BCUT2D eigenvalue weighted by atomic mass is 16.6. The van der Waals surface area contributed by atoms with E-state index in [1.165, 1.54) is 50.5 Å².